The van der Waals surface area contributed by atoms with Crippen molar-refractivity contribution < 1.29 is 0 Å². The molecular formula is C12H18N6. The van der Waals surface area contributed by atoms with Crippen LogP contribution in [0.25, 0.3) is 5.69 Å². The highest BCUT2D eigenvalue weighted by Gasteiger charge is 2.11. The van der Waals surface area contributed by atoms with Gasteiger partial charge in [-0.05, 0) is 42.1 Å². The van der Waals surface area contributed by atoms with Crippen LogP contribution in [0.2, 0.25) is 0 Å². The molecule has 1 unspecified atom stereocenters. The van der Waals surface area contributed by atoms with E-state index in [1.807, 2.05) is 12.1 Å². The number of rotatable bonds is 5. The fourth-order valence-corrected chi connectivity index (χ4v) is 1.86. The summed E-state index contributed by atoms with van der Waals surface area (Å²) in [6, 6.07) is 8.50. The monoisotopic (exact) mass is 246 g/mol. The molecule has 0 spiro atoms. The van der Waals surface area contributed by atoms with Crippen LogP contribution in [-0.2, 0) is 0 Å². The predicted octanol–water partition coefficient (Wildman–Crippen LogP) is 0.614. The summed E-state index contributed by atoms with van der Waals surface area (Å²) in [5, 5.41) is 11.2. The van der Waals surface area contributed by atoms with Gasteiger partial charge in [-0.1, -0.05) is 12.1 Å². The first-order valence-corrected chi connectivity index (χ1v) is 5.96. The number of aromatic nitrogens is 4. The summed E-state index contributed by atoms with van der Waals surface area (Å²) in [7, 11) is 2.07. The Balaban J connectivity index is 2.22. The fourth-order valence-electron chi connectivity index (χ4n) is 1.86. The molecule has 18 heavy (non-hydrogen) atoms. The van der Waals surface area contributed by atoms with E-state index < -0.39 is 0 Å². The van der Waals surface area contributed by atoms with Gasteiger partial charge < -0.3 is 5.73 Å². The lowest BCUT2D eigenvalue weighted by atomic mass is 10.1. The van der Waals surface area contributed by atoms with E-state index in [-0.39, 0.29) is 0 Å². The SMILES string of the molecule is CC(c1cccc(-n2cnnn2)c1)N(C)CCN. The van der Waals surface area contributed by atoms with Crippen molar-refractivity contribution in [2.45, 2.75) is 13.0 Å². The molecule has 1 heterocycles. The number of likely N-dealkylation sites (N-methyl/N-ethyl adjacent to an activating group) is 1. The molecule has 96 valence electrons. The lowest BCUT2D eigenvalue weighted by Crippen LogP contribution is -2.28. The lowest BCUT2D eigenvalue weighted by Gasteiger charge is -2.24. The molecule has 0 aliphatic carbocycles. The van der Waals surface area contributed by atoms with Crippen molar-refractivity contribution in [1.29, 1.82) is 0 Å². The standard InChI is InChI=1S/C12H18N6/c1-10(17(2)7-6-13)11-4-3-5-12(8-11)18-9-14-15-16-18/h3-5,8-10H,6-7,13H2,1-2H3. The Morgan fingerprint density at radius 2 is 2.28 bits per heavy atom. The number of nitrogens with zero attached hydrogens (tertiary/aromatic N) is 5. The van der Waals surface area contributed by atoms with Gasteiger partial charge in [0, 0.05) is 19.1 Å². The summed E-state index contributed by atoms with van der Waals surface area (Å²) in [4.78, 5) is 2.22. The van der Waals surface area contributed by atoms with Crippen molar-refractivity contribution in [2.24, 2.45) is 5.73 Å². The first-order chi connectivity index (χ1) is 8.72. The summed E-state index contributed by atoms with van der Waals surface area (Å²) < 4.78 is 1.65. The zero-order chi connectivity index (χ0) is 13.0. The van der Waals surface area contributed by atoms with Gasteiger partial charge in [-0.2, -0.15) is 0 Å². The summed E-state index contributed by atoms with van der Waals surface area (Å²) >= 11 is 0. The van der Waals surface area contributed by atoms with Crippen molar-refractivity contribution >= 4 is 0 Å². The van der Waals surface area contributed by atoms with Crippen molar-refractivity contribution in [3.8, 4) is 5.69 Å². The molecule has 0 aliphatic heterocycles. The molecule has 2 aromatic rings. The van der Waals surface area contributed by atoms with Gasteiger partial charge in [-0.3, -0.25) is 4.90 Å². The van der Waals surface area contributed by atoms with E-state index in [1.54, 1.807) is 11.0 Å². The van der Waals surface area contributed by atoms with Crippen LogP contribution in [0.4, 0.5) is 0 Å². The van der Waals surface area contributed by atoms with Crippen LogP contribution in [0.1, 0.15) is 18.5 Å². The minimum absolute atomic E-state index is 0.310. The van der Waals surface area contributed by atoms with Crippen molar-refractivity contribution in [1.82, 2.24) is 25.1 Å². The zero-order valence-electron chi connectivity index (χ0n) is 10.7. The highest BCUT2D eigenvalue weighted by atomic mass is 15.5. The molecule has 1 aromatic carbocycles. The second-order valence-corrected chi connectivity index (χ2v) is 4.29. The van der Waals surface area contributed by atoms with Crippen LogP contribution < -0.4 is 5.73 Å². The van der Waals surface area contributed by atoms with Crippen molar-refractivity contribution in [3.05, 3.63) is 36.2 Å². The highest BCUT2D eigenvalue weighted by molar-refractivity contribution is 5.35. The van der Waals surface area contributed by atoms with Gasteiger partial charge in [0.2, 0.25) is 0 Å². The number of hydrogen-bond donors (Lipinski definition) is 1. The van der Waals surface area contributed by atoms with E-state index in [0.29, 0.717) is 12.6 Å². The maximum atomic E-state index is 5.58. The van der Waals surface area contributed by atoms with Crippen LogP contribution >= 0.6 is 0 Å². The van der Waals surface area contributed by atoms with E-state index in [2.05, 4.69) is 46.5 Å². The third-order valence-corrected chi connectivity index (χ3v) is 3.11. The largest absolute Gasteiger partial charge is 0.329 e. The number of hydrogen-bond acceptors (Lipinski definition) is 5. The first-order valence-electron chi connectivity index (χ1n) is 5.96. The second-order valence-electron chi connectivity index (χ2n) is 4.29. The lowest BCUT2D eigenvalue weighted by molar-refractivity contribution is 0.269. The molecule has 0 saturated carbocycles. The number of tetrazole rings is 1. The van der Waals surface area contributed by atoms with Gasteiger partial charge in [0.15, 0.2) is 0 Å². The minimum Gasteiger partial charge on any atom is -0.329 e. The topological polar surface area (TPSA) is 72.9 Å². The van der Waals surface area contributed by atoms with Crippen molar-refractivity contribution in [2.75, 3.05) is 20.1 Å². The Labute approximate surface area is 106 Å². The number of nitrogens with two attached hydrogens (primary N) is 1. The van der Waals surface area contributed by atoms with Crippen LogP contribution in [0.15, 0.2) is 30.6 Å². The molecule has 0 fully saturated rings. The van der Waals surface area contributed by atoms with Crippen LogP contribution in [0, 0.1) is 0 Å². The molecular weight excluding hydrogens is 228 g/mol. The van der Waals surface area contributed by atoms with Gasteiger partial charge in [-0.15, -0.1) is 5.10 Å². The Hall–Kier alpha value is -1.79. The second kappa shape index (κ2) is 5.70. The third-order valence-electron chi connectivity index (χ3n) is 3.11. The van der Waals surface area contributed by atoms with E-state index in [9.17, 15) is 0 Å². The Bertz CT molecular complexity index is 481. The van der Waals surface area contributed by atoms with Gasteiger partial charge >= 0.3 is 0 Å². The van der Waals surface area contributed by atoms with Crippen LogP contribution in [-0.4, -0.2) is 45.2 Å². The van der Waals surface area contributed by atoms with Gasteiger partial charge in [0.1, 0.15) is 6.33 Å². The summed E-state index contributed by atoms with van der Waals surface area (Å²) in [5.41, 5.74) is 7.76. The normalized spacial score (nSPS) is 12.9. The number of benzene rings is 1. The smallest absolute Gasteiger partial charge is 0.143 e. The van der Waals surface area contributed by atoms with Crippen LogP contribution in [0.5, 0.6) is 0 Å². The van der Waals surface area contributed by atoms with Crippen molar-refractivity contribution in [3.63, 3.8) is 0 Å². The molecule has 6 heteroatoms. The van der Waals surface area contributed by atoms with Gasteiger partial charge in [-0.25, -0.2) is 4.68 Å². The highest BCUT2D eigenvalue weighted by Crippen LogP contribution is 2.20. The van der Waals surface area contributed by atoms with Gasteiger partial charge in [0.05, 0.1) is 5.69 Å². The molecule has 0 saturated heterocycles. The van der Waals surface area contributed by atoms with E-state index in [4.69, 9.17) is 5.73 Å². The molecule has 0 radical (unpaired) electrons. The molecule has 0 bridgehead atoms. The van der Waals surface area contributed by atoms with Gasteiger partial charge in [0.25, 0.3) is 0 Å². The molecule has 0 aliphatic rings. The minimum atomic E-state index is 0.310. The van der Waals surface area contributed by atoms with E-state index in [1.165, 1.54) is 5.56 Å². The summed E-state index contributed by atoms with van der Waals surface area (Å²) in [6.07, 6.45) is 1.59. The molecule has 6 nitrogen and oxygen atoms in total. The zero-order valence-corrected chi connectivity index (χ0v) is 10.7. The summed E-state index contributed by atoms with van der Waals surface area (Å²) in [6.45, 7) is 3.69. The quantitative estimate of drug-likeness (QED) is 0.837. The van der Waals surface area contributed by atoms with Crippen LogP contribution in [0.3, 0.4) is 0 Å². The average Bonchev–Trinajstić information content (AvgIpc) is 2.92. The fraction of sp³-hybridized carbons (Fsp3) is 0.417. The Morgan fingerprint density at radius 3 is 2.94 bits per heavy atom. The Kier molecular flexibility index (Phi) is 4.01. The molecule has 2 N–H and O–H groups in total. The van der Waals surface area contributed by atoms with E-state index >= 15 is 0 Å². The maximum absolute atomic E-state index is 5.58. The van der Waals surface area contributed by atoms with E-state index in [0.717, 1.165) is 12.2 Å². The molecule has 0 amide bonds. The molecule has 2 rings (SSSR count). The molecule has 1 aromatic heterocycles. The first kappa shape index (κ1) is 12.7. The predicted molar refractivity (Wildman–Crippen MR) is 69.3 cm³/mol. The summed E-state index contributed by atoms with van der Waals surface area (Å²) in [5.74, 6) is 0. The Morgan fingerprint density at radius 1 is 1.44 bits per heavy atom. The maximum Gasteiger partial charge on any atom is 0.143 e. The average molecular weight is 246 g/mol. The third kappa shape index (κ3) is 2.72. The molecule has 1 atom stereocenters.